The van der Waals surface area contributed by atoms with Crippen LogP contribution in [-0.2, 0) is 4.79 Å². The monoisotopic (exact) mass is 496 g/mol. The summed E-state index contributed by atoms with van der Waals surface area (Å²) in [6.45, 7) is 1.36. The molecular weight excluding hydrogens is 475 g/mol. The number of aromatic nitrogens is 3. The molecule has 1 amide bonds. The highest BCUT2D eigenvalue weighted by Crippen LogP contribution is 2.40. The second kappa shape index (κ2) is 9.23. The van der Waals surface area contributed by atoms with Gasteiger partial charge in [0.1, 0.15) is 23.5 Å². The SMILES string of the molecule is C[C@H](NC(=O)[C@@H](C1CCC(F)(F)CC1)n1c(=O)[nH]c2ccc(F)cc2c1=O)c1ncc(F)cc1F. The normalized spacial score (nSPS) is 17.8. The fraction of sp³-hybridized carbons (Fsp3) is 0.391. The molecule has 35 heavy (non-hydrogen) atoms. The van der Waals surface area contributed by atoms with Crippen molar-refractivity contribution in [1.29, 1.82) is 0 Å². The molecule has 0 spiro atoms. The molecule has 2 N–H and O–H groups in total. The maximum absolute atomic E-state index is 14.2. The van der Waals surface area contributed by atoms with Gasteiger partial charge in [0.2, 0.25) is 11.8 Å². The van der Waals surface area contributed by atoms with E-state index < -0.39 is 71.4 Å². The van der Waals surface area contributed by atoms with E-state index in [0.717, 1.165) is 18.3 Å². The minimum Gasteiger partial charge on any atom is -0.346 e. The van der Waals surface area contributed by atoms with Gasteiger partial charge in [-0.1, -0.05) is 0 Å². The third-order valence-electron chi connectivity index (χ3n) is 6.25. The zero-order chi connectivity index (χ0) is 25.5. The van der Waals surface area contributed by atoms with E-state index in [0.29, 0.717) is 10.6 Å². The van der Waals surface area contributed by atoms with Crippen LogP contribution in [0, 0.1) is 23.4 Å². The standard InChI is InChI=1S/C23H21F5N4O3/c1-11(18-16(26)9-14(25)10-29-18)30-20(33)19(12-4-6-23(27,28)7-5-12)32-21(34)15-8-13(24)2-3-17(15)31-22(32)35/h2-3,8-12,19H,4-7H2,1H3,(H,30,33)(H,31,35)/t11-,19+/m0/s1. The predicted octanol–water partition coefficient (Wildman–Crippen LogP) is 3.75. The maximum atomic E-state index is 14.2. The second-order valence-electron chi connectivity index (χ2n) is 8.68. The molecule has 7 nitrogen and oxygen atoms in total. The Labute approximate surface area is 195 Å². The van der Waals surface area contributed by atoms with Gasteiger partial charge in [-0.25, -0.2) is 31.3 Å². The van der Waals surface area contributed by atoms with E-state index in [4.69, 9.17) is 0 Å². The number of nitrogens with one attached hydrogen (secondary N) is 2. The summed E-state index contributed by atoms with van der Waals surface area (Å²) in [6, 6.07) is 1.07. The Balaban J connectivity index is 1.77. The summed E-state index contributed by atoms with van der Waals surface area (Å²) in [5, 5.41) is 2.24. The highest BCUT2D eigenvalue weighted by atomic mass is 19.3. The first-order valence-electron chi connectivity index (χ1n) is 10.9. The molecule has 1 saturated carbocycles. The zero-order valence-electron chi connectivity index (χ0n) is 18.5. The summed E-state index contributed by atoms with van der Waals surface area (Å²) < 4.78 is 69.4. The van der Waals surface area contributed by atoms with E-state index in [9.17, 15) is 36.3 Å². The van der Waals surface area contributed by atoms with Gasteiger partial charge < -0.3 is 10.3 Å². The van der Waals surface area contributed by atoms with Crippen LogP contribution in [0.1, 0.15) is 50.4 Å². The summed E-state index contributed by atoms with van der Waals surface area (Å²) in [6.07, 6.45) is -0.694. The number of pyridine rings is 1. The first-order valence-corrected chi connectivity index (χ1v) is 10.9. The lowest BCUT2D eigenvalue weighted by atomic mass is 9.81. The fourth-order valence-electron chi connectivity index (χ4n) is 4.48. The van der Waals surface area contributed by atoms with Gasteiger partial charge >= 0.3 is 5.69 Å². The highest BCUT2D eigenvalue weighted by molar-refractivity contribution is 5.82. The molecule has 1 fully saturated rings. The lowest BCUT2D eigenvalue weighted by molar-refractivity contribution is -0.129. The number of carbonyl (C=O) groups is 1. The number of nitrogens with zero attached hydrogens (tertiary/aromatic N) is 2. The first kappa shape index (κ1) is 24.6. The minimum atomic E-state index is -2.95. The lowest BCUT2D eigenvalue weighted by Crippen LogP contribution is -2.49. The summed E-state index contributed by atoms with van der Waals surface area (Å²) in [7, 11) is 0. The average molecular weight is 496 g/mol. The molecule has 2 aromatic heterocycles. The third kappa shape index (κ3) is 4.96. The molecule has 0 unspecified atom stereocenters. The Morgan fingerprint density at radius 2 is 1.83 bits per heavy atom. The van der Waals surface area contributed by atoms with Crippen molar-refractivity contribution < 1.29 is 26.7 Å². The fourth-order valence-corrected chi connectivity index (χ4v) is 4.48. The van der Waals surface area contributed by atoms with Crippen LogP contribution >= 0.6 is 0 Å². The first-order chi connectivity index (χ1) is 16.5. The van der Waals surface area contributed by atoms with E-state index in [2.05, 4.69) is 15.3 Å². The summed E-state index contributed by atoms with van der Waals surface area (Å²) in [5.74, 6) is -7.40. The Morgan fingerprint density at radius 3 is 2.49 bits per heavy atom. The molecule has 0 radical (unpaired) electrons. The number of hydrogen-bond acceptors (Lipinski definition) is 4. The van der Waals surface area contributed by atoms with Crippen molar-refractivity contribution in [3.8, 4) is 0 Å². The number of fused-ring (bicyclic) bond motifs is 1. The highest BCUT2D eigenvalue weighted by Gasteiger charge is 2.42. The second-order valence-corrected chi connectivity index (χ2v) is 8.68. The molecule has 1 aromatic carbocycles. The smallest absolute Gasteiger partial charge is 0.329 e. The maximum Gasteiger partial charge on any atom is 0.329 e. The number of hydrogen-bond donors (Lipinski definition) is 2. The summed E-state index contributed by atoms with van der Waals surface area (Å²) in [4.78, 5) is 45.5. The third-order valence-corrected chi connectivity index (χ3v) is 6.25. The molecular formula is C23H21F5N4O3. The molecule has 186 valence electrons. The molecule has 1 aliphatic carbocycles. The van der Waals surface area contributed by atoms with Crippen LogP contribution < -0.4 is 16.6 Å². The minimum absolute atomic E-state index is 0.0398. The van der Waals surface area contributed by atoms with Gasteiger partial charge in [-0.2, -0.15) is 0 Å². The summed E-state index contributed by atoms with van der Waals surface area (Å²) >= 11 is 0. The molecule has 0 bridgehead atoms. The van der Waals surface area contributed by atoms with E-state index in [1.165, 1.54) is 13.0 Å². The van der Waals surface area contributed by atoms with E-state index in [1.807, 2.05) is 0 Å². The van der Waals surface area contributed by atoms with Gasteiger partial charge in [0.25, 0.3) is 5.56 Å². The number of halogens is 5. The number of H-pyrrole nitrogens is 1. The van der Waals surface area contributed by atoms with Gasteiger partial charge in [-0.3, -0.25) is 14.6 Å². The van der Waals surface area contributed by atoms with Crippen molar-refractivity contribution in [3.63, 3.8) is 0 Å². The number of rotatable bonds is 5. The van der Waals surface area contributed by atoms with Crippen molar-refractivity contribution in [1.82, 2.24) is 19.9 Å². The van der Waals surface area contributed by atoms with Crippen molar-refractivity contribution >= 4 is 16.8 Å². The molecule has 0 aliphatic heterocycles. The van der Waals surface area contributed by atoms with E-state index in [-0.39, 0.29) is 29.4 Å². The summed E-state index contributed by atoms with van der Waals surface area (Å²) in [5.41, 5.74) is -2.21. The molecule has 2 heterocycles. The quantitative estimate of drug-likeness (QED) is 0.526. The number of alkyl halides is 2. The van der Waals surface area contributed by atoms with Gasteiger partial charge in [0, 0.05) is 18.9 Å². The topological polar surface area (TPSA) is 96.9 Å². The Hall–Kier alpha value is -3.57. The van der Waals surface area contributed by atoms with Crippen LogP contribution in [0.5, 0.6) is 0 Å². The van der Waals surface area contributed by atoms with Gasteiger partial charge in [0.05, 0.1) is 28.8 Å². The van der Waals surface area contributed by atoms with Gasteiger partial charge in [-0.05, 0) is 43.9 Å². The van der Waals surface area contributed by atoms with Crippen molar-refractivity contribution in [2.45, 2.75) is 50.6 Å². The van der Waals surface area contributed by atoms with E-state index >= 15 is 0 Å². The number of carbonyl (C=O) groups excluding carboxylic acids is 1. The molecule has 3 aromatic rings. The molecule has 2 atom stereocenters. The van der Waals surface area contributed by atoms with Crippen LogP contribution in [0.2, 0.25) is 0 Å². The predicted molar refractivity (Wildman–Crippen MR) is 115 cm³/mol. The molecule has 0 saturated heterocycles. The van der Waals surface area contributed by atoms with Crippen LogP contribution in [0.4, 0.5) is 22.0 Å². The Bertz CT molecular complexity index is 1390. The molecule has 4 rings (SSSR count). The lowest BCUT2D eigenvalue weighted by Gasteiger charge is -2.34. The Morgan fingerprint density at radius 1 is 1.14 bits per heavy atom. The van der Waals surface area contributed by atoms with Crippen molar-refractivity contribution in [2.75, 3.05) is 0 Å². The van der Waals surface area contributed by atoms with Crippen LogP contribution in [-0.4, -0.2) is 26.4 Å². The van der Waals surface area contributed by atoms with Gasteiger partial charge in [-0.15, -0.1) is 0 Å². The van der Waals surface area contributed by atoms with Gasteiger partial charge in [0.15, 0.2) is 0 Å². The number of amides is 1. The number of benzene rings is 1. The van der Waals surface area contributed by atoms with Crippen molar-refractivity contribution in [3.05, 3.63) is 74.4 Å². The van der Waals surface area contributed by atoms with E-state index in [1.54, 1.807) is 0 Å². The van der Waals surface area contributed by atoms with Crippen LogP contribution in [0.15, 0.2) is 40.1 Å². The zero-order valence-corrected chi connectivity index (χ0v) is 18.5. The number of aromatic amines is 1. The molecule has 1 aliphatic rings. The Kier molecular flexibility index (Phi) is 6.48. The van der Waals surface area contributed by atoms with Crippen molar-refractivity contribution in [2.24, 2.45) is 5.92 Å². The largest absolute Gasteiger partial charge is 0.346 e. The average Bonchev–Trinajstić information content (AvgIpc) is 2.77. The van der Waals surface area contributed by atoms with Crippen LogP contribution in [0.25, 0.3) is 10.9 Å². The molecule has 12 heteroatoms. The van der Waals surface area contributed by atoms with Crippen LogP contribution in [0.3, 0.4) is 0 Å².